The number of ether oxygens (including phenoxy) is 1. The summed E-state index contributed by atoms with van der Waals surface area (Å²) in [5, 5.41) is 2.75. The van der Waals surface area contributed by atoms with Gasteiger partial charge in [0, 0.05) is 31.0 Å². The third-order valence-electron chi connectivity index (χ3n) is 6.03. The van der Waals surface area contributed by atoms with Crippen LogP contribution in [-0.2, 0) is 9.53 Å². The molecule has 0 radical (unpaired) electrons. The van der Waals surface area contributed by atoms with E-state index in [2.05, 4.69) is 16.8 Å². The highest BCUT2D eigenvalue weighted by Crippen LogP contribution is 2.25. The van der Waals surface area contributed by atoms with Crippen LogP contribution in [0.3, 0.4) is 0 Å². The van der Waals surface area contributed by atoms with Crippen LogP contribution in [0.5, 0.6) is 0 Å². The number of nitrogens with zero attached hydrogens (tertiary/aromatic N) is 2. The molecule has 1 N–H and O–H groups in total. The molecule has 34 heavy (non-hydrogen) atoms. The first-order chi connectivity index (χ1) is 16.4. The first-order valence-corrected chi connectivity index (χ1v) is 11.4. The van der Waals surface area contributed by atoms with Crippen molar-refractivity contribution < 1.29 is 23.9 Å². The molecule has 1 unspecified atom stereocenters. The largest absolute Gasteiger partial charge is 0.449 e. The smallest absolute Gasteiger partial charge is 0.338 e. The van der Waals surface area contributed by atoms with E-state index < -0.39 is 29.8 Å². The van der Waals surface area contributed by atoms with Gasteiger partial charge in [-0.15, -0.1) is 6.58 Å². The average molecular weight is 462 g/mol. The van der Waals surface area contributed by atoms with Crippen LogP contribution in [0.2, 0.25) is 0 Å². The van der Waals surface area contributed by atoms with E-state index in [1.54, 1.807) is 0 Å². The highest BCUT2D eigenvalue weighted by Gasteiger charge is 2.35. The van der Waals surface area contributed by atoms with Gasteiger partial charge in [-0.25, -0.2) is 4.79 Å². The lowest BCUT2D eigenvalue weighted by molar-refractivity contribution is -0.123. The van der Waals surface area contributed by atoms with E-state index in [0.29, 0.717) is 5.69 Å². The maximum absolute atomic E-state index is 12.6. The Morgan fingerprint density at radius 2 is 1.71 bits per heavy atom. The van der Waals surface area contributed by atoms with Crippen LogP contribution in [-0.4, -0.2) is 54.3 Å². The molecule has 2 aromatic rings. The van der Waals surface area contributed by atoms with Crippen molar-refractivity contribution in [3.05, 3.63) is 71.8 Å². The Labute approximate surface area is 198 Å². The Balaban J connectivity index is 1.36. The zero-order valence-electron chi connectivity index (χ0n) is 19.1. The van der Waals surface area contributed by atoms with Crippen LogP contribution in [0.25, 0.3) is 0 Å². The molecule has 0 saturated carbocycles. The lowest BCUT2D eigenvalue weighted by atomic mass is 10.1. The summed E-state index contributed by atoms with van der Waals surface area (Å²) in [6.45, 7) is 7.18. The molecule has 8 nitrogen and oxygen atoms in total. The van der Waals surface area contributed by atoms with E-state index >= 15 is 0 Å². The summed E-state index contributed by atoms with van der Waals surface area (Å²) in [6.07, 6.45) is 4.02. The summed E-state index contributed by atoms with van der Waals surface area (Å²) >= 11 is 0. The fourth-order valence-electron chi connectivity index (χ4n) is 4.15. The number of rotatable bonds is 7. The molecule has 1 fully saturated rings. The van der Waals surface area contributed by atoms with E-state index in [4.69, 9.17) is 4.74 Å². The third-order valence-corrected chi connectivity index (χ3v) is 6.03. The number of esters is 1. The van der Waals surface area contributed by atoms with E-state index in [1.165, 1.54) is 50.5 Å². The van der Waals surface area contributed by atoms with Crippen molar-refractivity contribution in [2.75, 3.05) is 29.9 Å². The van der Waals surface area contributed by atoms with Gasteiger partial charge in [0.05, 0.1) is 16.7 Å². The fraction of sp³-hybridized carbons (Fsp3) is 0.308. The number of nitrogens with one attached hydrogen (secondary N) is 1. The second-order valence-corrected chi connectivity index (χ2v) is 8.40. The van der Waals surface area contributed by atoms with Crippen molar-refractivity contribution in [1.29, 1.82) is 0 Å². The van der Waals surface area contributed by atoms with Gasteiger partial charge in [-0.2, -0.15) is 0 Å². The Bertz CT molecular complexity index is 1140. The van der Waals surface area contributed by atoms with Crippen molar-refractivity contribution in [2.45, 2.75) is 32.3 Å². The molecule has 2 heterocycles. The van der Waals surface area contributed by atoms with Gasteiger partial charge in [0.2, 0.25) is 0 Å². The van der Waals surface area contributed by atoms with E-state index in [0.717, 1.165) is 23.7 Å². The third kappa shape index (κ3) is 4.71. The molecular formula is C26H27N3O5. The molecular weight excluding hydrogens is 434 g/mol. The summed E-state index contributed by atoms with van der Waals surface area (Å²) in [6, 6.07) is 11.7. The van der Waals surface area contributed by atoms with Crippen LogP contribution in [0.1, 0.15) is 57.3 Å². The summed E-state index contributed by atoms with van der Waals surface area (Å²) < 4.78 is 5.30. The Hall–Kier alpha value is -3.94. The number of anilines is 2. The van der Waals surface area contributed by atoms with E-state index in [1.807, 2.05) is 24.3 Å². The van der Waals surface area contributed by atoms with Gasteiger partial charge in [0.1, 0.15) is 0 Å². The zero-order chi connectivity index (χ0) is 24.2. The molecule has 0 aliphatic carbocycles. The van der Waals surface area contributed by atoms with Gasteiger partial charge in [0.15, 0.2) is 6.10 Å². The molecule has 1 saturated heterocycles. The number of imide groups is 1. The molecule has 2 aliphatic rings. The lowest BCUT2D eigenvalue weighted by Gasteiger charge is -2.28. The number of amides is 3. The summed E-state index contributed by atoms with van der Waals surface area (Å²) in [5.74, 6) is -2.15. The molecule has 1 atom stereocenters. The van der Waals surface area contributed by atoms with Crippen LogP contribution in [0.4, 0.5) is 11.4 Å². The fourth-order valence-corrected chi connectivity index (χ4v) is 4.15. The first kappa shape index (κ1) is 23.2. The topological polar surface area (TPSA) is 96.0 Å². The second kappa shape index (κ2) is 9.91. The standard InChI is InChI=1S/C26H27N3O5/c1-3-13-29-24(31)21-12-7-18(16-22(21)25(29)32)26(33)34-17(2)23(30)27-19-8-10-20(11-9-19)28-14-5-4-6-15-28/h3,7-12,16-17H,1,4-6,13-15H2,2H3,(H,27,30). The minimum atomic E-state index is -1.06. The molecule has 2 aliphatic heterocycles. The van der Waals surface area contributed by atoms with Crippen LogP contribution < -0.4 is 10.2 Å². The van der Waals surface area contributed by atoms with Crippen molar-refractivity contribution in [3.8, 4) is 0 Å². The molecule has 0 aromatic heterocycles. The first-order valence-electron chi connectivity index (χ1n) is 11.4. The quantitative estimate of drug-likeness (QED) is 0.384. The SMILES string of the molecule is C=CCN1C(=O)c2ccc(C(=O)OC(C)C(=O)Nc3ccc(N4CCCCC4)cc3)cc2C1=O. The van der Waals surface area contributed by atoms with Crippen molar-refractivity contribution in [1.82, 2.24) is 4.90 Å². The van der Waals surface area contributed by atoms with Crippen molar-refractivity contribution >= 4 is 35.1 Å². The monoisotopic (exact) mass is 461 g/mol. The normalized spacial score (nSPS) is 16.1. The van der Waals surface area contributed by atoms with Crippen molar-refractivity contribution in [3.63, 3.8) is 0 Å². The average Bonchev–Trinajstić information content (AvgIpc) is 3.09. The van der Waals surface area contributed by atoms with Crippen molar-refractivity contribution in [2.24, 2.45) is 0 Å². The maximum Gasteiger partial charge on any atom is 0.338 e. The number of carbonyl (C=O) groups excluding carboxylic acids is 4. The number of hydrogen-bond donors (Lipinski definition) is 1. The van der Waals surface area contributed by atoms with Gasteiger partial charge in [-0.1, -0.05) is 6.08 Å². The minimum Gasteiger partial charge on any atom is -0.449 e. The van der Waals surface area contributed by atoms with Gasteiger partial charge in [-0.3, -0.25) is 19.3 Å². The highest BCUT2D eigenvalue weighted by molar-refractivity contribution is 6.22. The Kier molecular flexibility index (Phi) is 6.77. The van der Waals surface area contributed by atoms with E-state index in [9.17, 15) is 19.2 Å². The zero-order valence-corrected chi connectivity index (χ0v) is 19.1. The minimum absolute atomic E-state index is 0.0857. The molecule has 8 heteroatoms. The number of fused-ring (bicyclic) bond motifs is 1. The highest BCUT2D eigenvalue weighted by atomic mass is 16.5. The van der Waals surface area contributed by atoms with Gasteiger partial charge in [-0.05, 0) is 68.7 Å². The molecule has 0 bridgehead atoms. The Morgan fingerprint density at radius 1 is 1.03 bits per heavy atom. The summed E-state index contributed by atoms with van der Waals surface area (Å²) in [4.78, 5) is 53.3. The van der Waals surface area contributed by atoms with E-state index in [-0.39, 0.29) is 23.2 Å². The van der Waals surface area contributed by atoms with Gasteiger partial charge < -0.3 is 15.0 Å². The predicted octanol–water partition coefficient (Wildman–Crippen LogP) is 3.64. The molecule has 3 amide bonds. The summed E-state index contributed by atoms with van der Waals surface area (Å²) in [5.41, 5.74) is 2.17. The number of hydrogen-bond acceptors (Lipinski definition) is 6. The lowest BCUT2D eigenvalue weighted by Crippen LogP contribution is -2.30. The number of carbonyl (C=O) groups is 4. The number of piperidine rings is 1. The Morgan fingerprint density at radius 3 is 2.38 bits per heavy atom. The predicted molar refractivity (Wildman–Crippen MR) is 128 cm³/mol. The second-order valence-electron chi connectivity index (χ2n) is 8.40. The van der Waals surface area contributed by atoms with Crippen LogP contribution in [0.15, 0.2) is 55.1 Å². The van der Waals surface area contributed by atoms with Crippen LogP contribution >= 0.6 is 0 Å². The van der Waals surface area contributed by atoms with Crippen LogP contribution in [0, 0.1) is 0 Å². The summed E-state index contributed by atoms with van der Waals surface area (Å²) in [7, 11) is 0. The number of benzene rings is 2. The van der Waals surface area contributed by atoms with Gasteiger partial charge >= 0.3 is 5.97 Å². The maximum atomic E-state index is 12.6. The molecule has 0 spiro atoms. The molecule has 2 aromatic carbocycles. The molecule has 4 rings (SSSR count). The van der Waals surface area contributed by atoms with Gasteiger partial charge in [0.25, 0.3) is 17.7 Å². The molecule has 176 valence electrons.